The van der Waals surface area contributed by atoms with Gasteiger partial charge < -0.3 is 4.42 Å². The second-order valence-corrected chi connectivity index (χ2v) is 14.7. The molecule has 6 aromatic rings. The van der Waals surface area contributed by atoms with Crippen molar-refractivity contribution >= 4 is 45.0 Å². The number of aryl methyl sites for hydroxylation is 1. The summed E-state index contributed by atoms with van der Waals surface area (Å²) >= 11 is 0. The number of hydrogen-bond acceptors (Lipinski definition) is 1. The number of furan rings is 1. The Balaban J connectivity index is 0.970. The first-order valence-electron chi connectivity index (χ1n) is 17.6. The van der Waals surface area contributed by atoms with Crippen molar-refractivity contribution < 1.29 is 4.42 Å². The summed E-state index contributed by atoms with van der Waals surface area (Å²) in [6, 6.07) is 36.4. The lowest BCUT2D eigenvalue weighted by atomic mass is 9.80. The maximum Gasteiger partial charge on any atom is 0.134 e. The van der Waals surface area contributed by atoms with Crippen molar-refractivity contribution in [2.24, 2.45) is 0 Å². The standard InChI is InChI=1S/C47H38O/c1-47(2)43-15-5-3-11-37(43)42-27-35-24-22-31-21-23-33(26-40(31)41(35)28-44(42)47)30-19-17-29(18-20-30)32-9-7-10-34(25-32)36-13-8-14-39-38-12-4-6-16-45(38)48-46(36)39/h3-6,8,10-12,14-20,22,24-28,36H,7,9,13,21,23H2,1-2H3. The molecule has 0 aliphatic heterocycles. The van der Waals surface area contributed by atoms with Gasteiger partial charge in [0.25, 0.3) is 0 Å². The Hall–Kier alpha value is -5.14. The molecular weight excluding hydrogens is 581 g/mol. The zero-order valence-electron chi connectivity index (χ0n) is 27.6. The van der Waals surface area contributed by atoms with Crippen molar-refractivity contribution in [1.29, 1.82) is 0 Å². The van der Waals surface area contributed by atoms with Crippen molar-refractivity contribution in [3.05, 3.63) is 166 Å². The average molecular weight is 619 g/mol. The molecule has 0 N–H and O–H groups in total. The number of hydrogen-bond donors (Lipinski definition) is 0. The molecule has 0 saturated heterocycles. The minimum absolute atomic E-state index is 0.00474. The molecule has 4 aliphatic rings. The minimum atomic E-state index is 0.00474. The van der Waals surface area contributed by atoms with Crippen LogP contribution in [0.3, 0.4) is 0 Å². The van der Waals surface area contributed by atoms with Crippen LogP contribution in [0, 0.1) is 0 Å². The van der Waals surface area contributed by atoms with E-state index in [4.69, 9.17) is 4.42 Å². The van der Waals surface area contributed by atoms with Gasteiger partial charge in [-0.15, -0.1) is 0 Å². The van der Waals surface area contributed by atoms with Gasteiger partial charge in [0.1, 0.15) is 11.3 Å². The Morgan fingerprint density at radius 1 is 0.667 bits per heavy atom. The topological polar surface area (TPSA) is 13.1 Å². The van der Waals surface area contributed by atoms with Gasteiger partial charge >= 0.3 is 0 Å². The number of rotatable bonds is 3. The smallest absolute Gasteiger partial charge is 0.134 e. The number of allylic oxidation sites excluding steroid dienone is 6. The molecule has 0 amide bonds. The highest BCUT2D eigenvalue weighted by Crippen LogP contribution is 2.51. The van der Waals surface area contributed by atoms with Gasteiger partial charge in [-0.2, -0.15) is 0 Å². The molecule has 10 rings (SSSR count). The summed E-state index contributed by atoms with van der Waals surface area (Å²) in [7, 11) is 0. The fourth-order valence-electron chi connectivity index (χ4n) is 9.05. The van der Waals surface area contributed by atoms with Crippen molar-refractivity contribution in [3.63, 3.8) is 0 Å². The lowest BCUT2D eigenvalue weighted by molar-refractivity contribution is 0.515. The summed E-state index contributed by atoms with van der Waals surface area (Å²) in [6.07, 6.45) is 17.2. The van der Waals surface area contributed by atoms with Crippen molar-refractivity contribution in [3.8, 4) is 11.1 Å². The molecule has 1 nitrogen and oxygen atoms in total. The molecule has 0 radical (unpaired) electrons. The number of benzene rings is 5. The van der Waals surface area contributed by atoms with E-state index in [1.807, 2.05) is 0 Å². The van der Waals surface area contributed by atoms with E-state index in [1.54, 1.807) is 0 Å². The van der Waals surface area contributed by atoms with Crippen LogP contribution < -0.4 is 0 Å². The largest absolute Gasteiger partial charge is 0.460 e. The SMILES string of the molecule is CC1(C)c2ccccc2-c2cc3ccc4c(c3cc21)C=C(c1ccc(C2=CC(C3CC=Cc5c3oc3ccccc53)=CCC2)cc1)CC4. The van der Waals surface area contributed by atoms with Gasteiger partial charge in [-0.25, -0.2) is 0 Å². The molecule has 4 aliphatic carbocycles. The second kappa shape index (κ2) is 10.4. The van der Waals surface area contributed by atoms with Gasteiger partial charge in [0.15, 0.2) is 0 Å². The highest BCUT2D eigenvalue weighted by atomic mass is 16.3. The van der Waals surface area contributed by atoms with E-state index < -0.39 is 0 Å². The minimum Gasteiger partial charge on any atom is -0.460 e. The van der Waals surface area contributed by atoms with Crippen molar-refractivity contribution in [2.75, 3.05) is 0 Å². The summed E-state index contributed by atoms with van der Waals surface area (Å²) in [5.41, 5.74) is 17.7. The van der Waals surface area contributed by atoms with Crippen LogP contribution in [0.5, 0.6) is 0 Å². The number of fused-ring (bicyclic) bond motifs is 9. The molecule has 1 atom stereocenters. The Kier molecular flexibility index (Phi) is 6.07. The summed E-state index contributed by atoms with van der Waals surface area (Å²) in [4.78, 5) is 0. The molecule has 1 heterocycles. The molecule has 232 valence electrons. The van der Waals surface area contributed by atoms with Gasteiger partial charge in [-0.1, -0.05) is 123 Å². The van der Waals surface area contributed by atoms with Crippen molar-refractivity contribution in [2.45, 2.75) is 57.3 Å². The highest BCUT2D eigenvalue weighted by Gasteiger charge is 2.35. The summed E-state index contributed by atoms with van der Waals surface area (Å²) in [5, 5.41) is 3.94. The summed E-state index contributed by atoms with van der Waals surface area (Å²) in [5.74, 6) is 1.39. The molecule has 0 bridgehead atoms. The molecule has 1 heteroatoms. The molecule has 1 aromatic heterocycles. The highest BCUT2D eigenvalue weighted by molar-refractivity contribution is 6.02. The second-order valence-electron chi connectivity index (χ2n) is 14.7. The Morgan fingerprint density at radius 3 is 2.33 bits per heavy atom. The average Bonchev–Trinajstić information content (AvgIpc) is 3.63. The predicted octanol–water partition coefficient (Wildman–Crippen LogP) is 12.7. The molecule has 0 saturated carbocycles. The Labute approximate surface area is 282 Å². The van der Waals surface area contributed by atoms with Gasteiger partial charge in [0.05, 0.1) is 0 Å². The van der Waals surface area contributed by atoms with Gasteiger partial charge in [0.2, 0.25) is 0 Å². The molecule has 48 heavy (non-hydrogen) atoms. The van der Waals surface area contributed by atoms with Crippen LogP contribution in [0.4, 0.5) is 0 Å². The third-order valence-corrected chi connectivity index (χ3v) is 11.6. The maximum absolute atomic E-state index is 6.45. The number of para-hydroxylation sites is 1. The van der Waals surface area contributed by atoms with Gasteiger partial charge in [0, 0.05) is 22.3 Å². The first kappa shape index (κ1) is 27.9. The van der Waals surface area contributed by atoms with Crippen molar-refractivity contribution in [1.82, 2.24) is 0 Å². The summed E-state index contributed by atoms with van der Waals surface area (Å²) in [6.45, 7) is 4.76. The van der Waals surface area contributed by atoms with E-state index in [0.717, 1.165) is 43.4 Å². The maximum atomic E-state index is 6.45. The van der Waals surface area contributed by atoms with Gasteiger partial charge in [-0.3, -0.25) is 0 Å². The van der Waals surface area contributed by atoms with E-state index in [2.05, 4.69) is 141 Å². The van der Waals surface area contributed by atoms with Crippen LogP contribution in [0.2, 0.25) is 0 Å². The van der Waals surface area contributed by atoms with Crippen LogP contribution >= 0.6 is 0 Å². The zero-order chi connectivity index (χ0) is 32.0. The molecule has 1 unspecified atom stereocenters. The lowest BCUT2D eigenvalue weighted by Crippen LogP contribution is -2.15. The third kappa shape index (κ3) is 4.16. The summed E-state index contributed by atoms with van der Waals surface area (Å²) < 4.78 is 6.45. The first-order valence-corrected chi connectivity index (χ1v) is 17.6. The van der Waals surface area contributed by atoms with Crippen LogP contribution in [0.1, 0.15) is 90.2 Å². The van der Waals surface area contributed by atoms with Crippen LogP contribution in [-0.4, -0.2) is 0 Å². The zero-order valence-corrected chi connectivity index (χ0v) is 27.6. The Morgan fingerprint density at radius 2 is 1.46 bits per heavy atom. The van der Waals surface area contributed by atoms with Crippen LogP contribution in [0.25, 0.3) is 56.2 Å². The molecule has 0 spiro atoms. The predicted molar refractivity (Wildman–Crippen MR) is 202 cm³/mol. The van der Waals surface area contributed by atoms with E-state index in [9.17, 15) is 0 Å². The van der Waals surface area contributed by atoms with E-state index in [-0.39, 0.29) is 11.3 Å². The van der Waals surface area contributed by atoms with Gasteiger partial charge in [-0.05, 0) is 122 Å². The molecule has 0 fully saturated rings. The van der Waals surface area contributed by atoms with Crippen LogP contribution in [0.15, 0.2) is 125 Å². The molecule has 5 aromatic carbocycles. The van der Waals surface area contributed by atoms with E-state index in [1.165, 1.54) is 82.9 Å². The van der Waals surface area contributed by atoms with Crippen LogP contribution in [-0.2, 0) is 11.8 Å². The fraction of sp³-hybridized carbons (Fsp3) is 0.191. The Bertz CT molecular complexity index is 2440. The first-order chi connectivity index (χ1) is 23.5. The van der Waals surface area contributed by atoms with E-state index >= 15 is 0 Å². The lowest BCUT2D eigenvalue weighted by Gasteiger charge is -2.24. The normalized spacial score (nSPS) is 18.9. The third-order valence-electron chi connectivity index (χ3n) is 11.6. The quantitative estimate of drug-likeness (QED) is 0.192. The van der Waals surface area contributed by atoms with E-state index in [0.29, 0.717) is 0 Å². The monoisotopic (exact) mass is 618 g/mol. The fourth-order valence-corrected chi connectivity index (χ4v) is 9.05. The molecular formula is C47H38O.